The second-order valence-corrected chi connectivity index (χ2v) is 6.16. The van der Waals surface area contributed by atoms with Gasteiger partial charge in [-0.1, -0.05) is 42.5 Å². The standard InChI is InChI=1S/C22H24O4/c1-6-17(22(24)25-5)18-9-7-8-10-19(18)21(16(4)23)26-20-13-14(2)11-12-15(20)3/h6-13,21H,1-5H3/b17-6+. The first-order chi connectivity index (χ1) is 12.4. The van der Waals surface area contributed by atoms with Crippen molar-refractivity contribution in [3.05, 3.63) is 70.8 Å². The van der Waals surface area contributed by atoms with Gasteiger partial charge < -0.3 is 9.47 Å². The van der Waals surface area contributed by atoms with E-state index in [-0.39, 0.29) is 5.78 Å². The molecule has 2 aromatic carbocycles. The number of benzene rings is 2. The smallest absolute Gasteiger partial charge is 0.338 e. The number of carbonyl (C=O) groups is 2. The Morgan fingerprint density at radius 1 is 1.08 bits per heavy atom. The van der Waals surface area contributed by atoms with E-state index in [0.29, 0.717) is 22.4 Å². The lowest BCUT2D eigenvalue weighted by molar-refractivity contribution is -0.133. The maximum Gasteiger partial charge on any atom is 0.338 e. The zero-order valence-electron chi connectivity index (χ0n) is 15.8. The first kappa shape index (κ1) is 19.4. The average molecular weight is 352 g/mol. The molecule has 0 aromatic heterocycles. The molecule has 0 amide bonds. The Balaban J connectivity index is 2.54. The highest BCUT2D eigenvalue weighted by molar-refractivity contribution is 6.17. The van der Waals surface area contributed by atoms with Crippen LogP contribution in [0.4, 0.5) is 0 Å². The van der Waals surface area contributed by atoms with Gasteiger partial charge in [0.1, 0.15) is 5.75 Å². The third kappa shape index (κ3) is 4.20. The van der Waals surface area contributed by atoms with Gasteiger partial charge in [-0.2, -0.15) is 0 Å². The number of methoxy groups -OCH3 is 1. The van der Waals surface area contributed by atoms with Crippen molar-refractivity contribution in [2.75, 3.05) is 7.11 Å². The first-order valence-electron chi connectivity index (χ1n) is 8.47. The van der Waals surface area contributed by atoms with E-state index in [0.717, 1.165) is 11.1 Å². The summed E-state index contributed by atoms with van der Waals surface area (Å²) in [6.07, 6.45) is 0.867. The Bertz CT molecular complexity index is 849. The lowest BCUT2D eigenvalue weighted by atomic mass is 9.94. The van der Waals surface area contributed by atoms with Gasteiger partial charge >= 0.3 is 5.97 Å². The molecule has 0 aliphatic rings. The fourth-order valence-electron chi connectivity index (χ4n) is 2.79. The molecule has 2 aromatic rings. The first-order valence-corrected chi connectivity index (χ1v) is 8.47. The third-order valence-corrected chi connectivity index (χ3v) is 4.19. The molecule has 2 rings (SSSR count). The fraction of sp³-hybridized carbons (Fsp3) is 0.273. The molecular weight excluding hydrogens is 328 g/mol. The summed E-state index contributed by atoms with van der Waals surface area (Å²) in [5.41, 5.74) is 3.66. The number of ketones is 1. The van der Waals surface area contributed by atoms with Crippen LogP contribution in [0, 0.1) is 13.8 Å². The molecule has 0 spiro atoms. The van der Waals surface area contributed by atoms with E-state index in [4.69, 9.17) is 9.47 Å². The van der Waals surface area contributed by atoms with E-state index in [1.165, 1.54) is 14.0 Å². The van der Waals surface area contributed by atoms with Crippen molar-refractivity contribution >= 4 is 17.3 Å². The summed E-state index contributed by atoms with van der Waals surface area (Å²) in [6.45, 7) is 7.15. The minimum atomic E-state index is -0.814. The predicted molar refractivity (Wildman–Crippen MR) is 102 cm³/mol. The minimum Gasteiger partial charge on any atom is -0.478 e. The molecule has 0 heterocycles. The molecule has 0 aliphatic heterocycles. The number of hydrogen-bond acceptors (Lipinski definition) is 4. The Hall–Kier alpha value is -2.88. The Kier molecular flexibility index (Phi) is 6.34. The maximum atomic E-state index is 12.4. The van der Waals surface area contributed by atoms with Gasteiger partial charge in [0.05, 0.1) is 12.7 Å². The van der Waals surface area contributed by atoms with E-state index >= 15 is 0 Å². The number of aryl methyl sites for hydroxylation is 2. The molecule has 0 fully saturated rings. The van der Waals surface area contributed by atoms with Crippen LogP contribution in [0.2, 0.25) is 0 Å². The quantitative estimate of drug-likeness (QED) is 0.564. The molecule has 1 unspecified atom stereocenters. The molecule has 26 heavy (non-hydrogen) atoms. The van der Waals surface area contributed by atoms with Crippen LogP contribution < -0.4 is 4.74 Å². The third-order valence-electron chi connectivity index (χ3n) is 4.19. The van der Waals surface area contributed by atoms with Crippen molar-refractivity contribution < 1.29 is 19.1 Å². The normalized spacial score (nSPS) is 12.4. The number of hydrogen-bond donors (Lipinski definition) is 0. The van der Waals surface area contributed by atoms with Gasteiger partial charge in [0.25, 0.3) is 0 Å². The van der Waals surface area contributed by atoms with Crippen LogP contribution >= 0.6 is 0 Å². The van der Waals surface area contributed by atoms with Gasteiger partial charge in [-0.15, -0.1) is 0 Å². The van der Waals surface area contributed by atoms with Gasteiger partial charge in [0.2, 0.25) is 0 Å². The van der Waals surface area contributed by atoms with Gasteiger partial charge in [0.15, 0.2) is 11.9 Å². The zero-order valence-corrected chi connectivity index (χ0v) is 15.8. The minimum absolute atomic E-state index is 0.140. The van der Waals surface area contributed by atoms with Crippen molar-refractivity contribution in [1.82, 2.24) is 0 Å². The predicted octanol–water partition coefficient (Wildman–Crippen LogP) is 4.59. The van der Waals surface area contributed by atoms with Crippen molar-refractivity contribution in [3.8, 4) is 5.75 Å². The molecular formula is C22H24O4. The van der Waals surface area contributed by atoms with Crippen LogP contribution in [0.25, 0.3) is 5.57 Å². The van der Waals surface area contributed by atoms with E-state index in [1.807, 2.05) is 44.2 Å². The summed E-state index contributed by atoms with van der Waals surface area (Å²) in [6, 6.07) is 13.1. The van der Waals surface area contributed by atoms with E-state index in [1.54, 1.807) is 25.1 Å². The van der Waals surface area contributed by atoms with E-state index < -0.39 is 12.1 Å². The Labute approximate surface area is 154 Å². The van der Waals surface area contributed by atoms with Gasteiger partial charge in [0, 0.05) is 5.56 Å². The molecule has 0 N–H and O–H groups in total. The monoisotopic (exact) mass is 352 g/mol. The summed E-state index contributed by atoms with van der Waals surface area (Å²) in [5.74, 6) is 0.0627. The summed E-state index contributed by atoms with van der Waals surface area (Å²) in [4.78, 5) is 24.5. The Morgan fingerprint density at radius 3 is 2.38 bits per heavy atom. The number of carbonyl (C=O) groups excluding carboxylic acids is 2. The molecule has 0 saturated heterocycles. The van der Waals surface area contributed by atoms with Crippen LogP contribution in [0.5, 0.6) is 5.75 Å². The van der Waals surface area contributed by atoms with Crippen LogP contribution in [-0.2, 0) is 14.3 Å². The van der Waals surface area contributed by atoms with Crippen molar-refractivity contribution in [2.45, 2.75) is 33.8 Å². The number of ether oxygens (including phenoxy) is 2. The van der Waals surface area contributed by atoms with E-state index in [9.17, 15) is 9.59 Å². The summed E-state index contributed by atoms with van der Waals surface area (Å²) in [7, 11) is 1.34. The fourth-order valence-corrected chi connectivity index (χ4v) is 2.79. The molecule has 4 heteroatoms. The summed E-state index contributed by atoms with van der Waals surface area (Å²) < 4.78 is 11.0. The lowest BCUT2D eigenvalue weighted by Crippen LogP contribution is -2.19. The van der Waals surface area contributed by atoms with Crippen molar-refractivity contribution in [3.63, 3.8) is 0 Å². The highest BCUT2D eigenvalue weighted by Gasteiger charge is 2.25. The summed E-state index contributed by atoms with van der Waals surface area (Å²) >= 11 is 0. The number of rotatable bonds is 6. The molecule has 4 nitrogen and oxygen atoms in total. The molecule has 0 bridgehead atoms. The largest absolute Gasteiger partial charge is 0.478 e. The Morgan fingerprint density at radius 2 is 1.77 bits per heavy atom. The topological polar surface area (TPSA) is 52.6 Å². The van der Waals surface area contributed by atoms with Crippen molar-refractivity contribution in [2.24, 2.45) is 0 Å². The molecule has 1 atom stereocenters. The van der Waals surface area contributed by atoms with Crippen LogP contribution in [0.1, 0.15) is 42.2 Å². The van der Waals surface area contributed by atoms with Crippen molar-refractivity contribution in [1.29, 1.82) is 0 Å². The highest BCUT2D eigenvalue weighted by Crippen LogP contribution is 2.31. The van der Waals surface area contributed by atoms with Crippen LogP contribution in [-0.4, -0.2) is 18.9 Å². The van der Waals surface area contributed by atoms with Gasteiger partial charge in [-0.3, -0.25) is 4.79 Å². The summed E-state index contributed by atoms with van der Waals surface area (Å²) in [5, 5.41) is 0. The van der Waals surface area contributed by atoms with Crippen LogP contribution in [0.3, 0.4) is 0 Å². The van der Waals surface area contributed by atoms with Gasteiger partial charge in [-0.05, 0) is 50.5 Å². The number of esters is 1. The number of allylic oxidation sites excluding steroid dienone is 1. The molecule has 0 saturated carbocycles. The second-order valence-electron chi connectivity index (χ2n) is 6.16. The lowest BCUT2D eigenvalue weighted by Gasteiger charge is -2.22. The zero-order chi connectivity index (χ0) is 19.3. The highest BCUT2D eigenvalue weighted by atomic mass is 16.5. The SMILES string of the molecule is C/C=C(/C(=O)OC)c1ccccc1C(Oc1cc(C)ccc1C)C(C)=O. The molecule has 0 aliphatic carbocycles. The molecule has 0 radical (unpaired) electrons. The average Bonchev–Trinajstić information content (AvgIpc) is 2.63. The number of Topliss-reactive ketones (excluding diaryl/α,β-unsaturated/α-hetero) is 1. The van der Waals surface area contributed by atoms with Gasteiger partial charge in [-0.25, -0.2) is 4.79 Å². The van der Waals surface area contributed by atoms with Crippen LogP contribution in [0.15, 0.2) is 48.5 Å². The molecule has 136 valence electrons. The van der Waals surface area contributed by atoms with E-state index in [2.05, 4.69) is 0 Å². The maximum absolute atomic E-state index is 12.4. The second kappa shape index (κ2) is 8.48.